The van der Waals surface area contributed by atoms with E-state index in [4.69, 9.17) is 0 Å². The number of aliphatic imine (C=N–C) groups is 1. The summed E-state index contributed by atoms with van der Waals surface area (Å²) < 4.78 is 2.37. The van der Waals surface area contributed by atoms with Crippen molar-refractivity contribution >= 4 is 29.9 Å². The Kier molecular flexibility index (Phi) is 10.7. The second-order valence-electron chi connectivity index (χ2n) is 10.4. The van der Waals surface area contributed by atoms with Gasteiger partial charge in [-0.15, -0.1) is 34.2 Å². The highest BCUT2D eigenvalue weighted by Gasteiger charge is 2.29. The minimum Gasteiger partial charge on any atom is -0.356 e. The predicted molar refractivity (Wildman–Crippen MR) is 146 cm³/mol. The fraction of sp³-hybridized carbons (Fsp3) is 0.880. The van der Waals surface area contributed by atoms with Gasteiger partial charge in [0.25, 0.3) is 0 Å². The van der Waals surface area contributed by atoms with Gasteiger partial charge in [-0.25, -0.2) is 0 Å². The van der Waals surface area contributed by atoms with Crippen molar-refractivity contribution in [2.75, 3.05) is 39.8 Å². The van der Waals surface area contributed by atoms with Crippen molar-refractivity contribution in [3.63, 3.8) is 0 Å². The van der Waals surface area contributed by atoms with E-state index in [1.807, 2.05) is 7.05 Å². The smallest absolute Gasteiger partial charge is 0.193 e. The summed E-state index contributed by atoms with van der Waals surface area (Å²) in [7, 11) is 1.92. The number of rotatable bonds is 6. The Bertz CT molecular complexity index is 731. The molecule has 0 bridgehead atoms. The summed E-state index contributed by atoms with van der Waals surface area (Å²) in [6.07, 6.45) is 12.6. The largest absolute Gasteiger partial charge is 0.356 e. The number of aryl methyl sites for hydroxylation is 2. The van der Waals surface area contributed by atoms with Crippen molar-refractivity contribution in [2.24, 2.45) is 16.8 Å². The monoisotopic (exact) mass is 571 g/mol. The highest BCUT2D eigenvalue weighted by Crippen LogP contribution is 2.32. The number of hydrogen-bond acceptors (Lipinski definition) is 4. The number of nitrogens with zero attached hydrogens (tertiary/aromatic N) is 6. The van der Waals surface area contributed by atoms with E-state index < -0.39 is 0 Å². The van der Waals surface area contributed by atoms with Crippen LogP contribution >= 0.6 is 24.0 Å². The minimum absolute atomic E-state index is 0. The third kappa shape index (κ3) is 7.05. The van der Waals surface area contributed by atoms with Gasteiger partial charge in [-0.2, -0.15) is 0 Å². The number of aromatic nitrogens is 3. The summed E-state index contributed by atoms with van der Waals surface area (Å²) in [5.41, 5.74) is 0. The van der Waals surface area contributed by atoms with Crippen molar-refractivity contribution < 1.29 is 0 Å². The second-order valence-corrected chi connectivity index (χ2v) is 10.4. The molecule has 0 amide bonds. The van der Waals surface area contributed by atoms with E-state index in [-0.39, 0.29) is 24.0 Å². The fourth-order valence-corrected chi connectivity index (χ4v) is 5.94. The molecule has 0 spiro atoms. The molecule has 2 aliphatic heterocycles. The number of guanidine groups is 1. The van der Waals surface area contributed by atoms with E-state index >= 15 is 0 Å². The highest BCUT2D eigenvalue weighted by molar-refractivity contribution is 14.0. The molecule has 3 aliphatic rings. The standard InChI is InChI=1S/C25H45N7.HI/c1-20(2)21-10-12-22(13-11-21)30-16-18-31(19-17-30)25(26-3)27-14-7-9-24-29-28-23-8-5-4-6-15-32(23)24;/h20-22H,4-19H2,1-3H3,(H,26,27);1H. The Hall–Kier alpha value is -0.900. The summed E-state index contributed by atoms with van der Waals surface area (Å²) in [5, 5.41) is 12.5. The zero-order valence-corrected chi connectivity index (χ0v) is 23.5. The van der Waals surface area contributed by atoms with E-state index in [0.29, 0.717) is 0 Å². The van der Waals surface area contributed by atoms with E-state index in [2.05, 4.69) is 48.7 Å². The SMILES string of the molecule is CN=C(NCCCc1nnc2n1CCCCC2)N1CCN(C2CCC(C(C)C)CC2)CC1.I. The molecule has 2 fully saturated rings. The molecule has 0 unspecified atom stereocenters. The first kappa shape index (κ1) is 26.7. The molecular weight excluding hydrogens is 525 g/mol. The normalized spacial score (nSPS) is 24.8. The number of halogens is 1. The van der Waals surface area contributed by atoms with Crippen LogP contribution in [0.15, 0.2) is 4.99 Å². The average molecular weight is 572 g/mol. The molecule has 33 heavy (non-hydrogen) atoms. The van der Waals surface area contributed by atoms with Gasteiger partial charge in [0.1, 0.15) is 11.6 Å². The molecule has 0 radical (unpaired) electrons. The molecule has 0 aromatic carbocycles. The Balaban J connectivity index is 0.00000306. The van der Waals surface area contributed by atoms with Crippen LogP contribution in [0.3, 0.4) is 0 Å². The summed E-state index contributed by atoms with van der Waals surface area (Å²) in [4.78, 5) is 9.77. The topological polar surface area (TPSA) is 61.6 Å². The molecule has 3 heterocycles. The van der Waals surface area contributed by atoms with E-state index in [1.165, 1.54) is 69.7 Å². The number of hydrogen-bond donors (Lipinski definition) is 1. The molecule has 4 rings (SSSR count). The molecule has 188 valence electrons. The van der Waals surface area contributed by atoms with Crippen LogP contribution in [-0.2, 0) is 19.4 Å². The maximum atomic E-state index is 4.58. The Labute approximate surface area is 218 Å². The molecule has 0 atom stereocenters. The third-order valence-electron chi connectivity index (χ3n) is 8.07. The average Bonchev–Trinajstić information content (AvgIpc) is 3.05. The molecule has 1 aliphatic carbocycles. The van der Waals surface area contributed by atoms with Gasteiger partial charge >= 0.3 is 0 Å². The van der Waals surface area contributed by atoms with Crippen LogP contribution in [0.25, 0.3) is 0 Å². The van der Waals surface area contributed by atoms with Crippen LogP contribution < -0.4 is 5.32 Å². The summed E-state index contributed by atoms with van der Waals surface area (Å²) >= 11 is 0. The zero-order valence-electron chi connectivity index (χ0n) is 21.1. The van der Waals surface area contributed by atoms with Crippen molar-refractivity contribution in [1.82, 2.24) is 29.9 Å². The molecule has 1 N–H and O–H groups in total. The Morgan fingerprint density at radius 2 is 1.76 bits per heavy atom. The first-order chi connectivity index (χ1) is 15.7. The highest BCUT2D eigenvalue weighted by atomic mass is 127. The van der Waals surface area contributed by atoms with Crippen molar-refractivity contribution in [3.8, 4) is 0 Å². The van der Waals surface area contributed by atoms with Crippen LogP contribution in [0, 0.1) is 11.8 Å². The lowest BCUT2D eigenvalue weighted by atomic mass is 9.79. The van der Waals surface area contributed by atoms with Crippen LogP contribution in [-0.4, -0.2) is 76.3 Å². The van der Waals surface area contributed by atoms with Gasteiger partial charge in [-0.1, -0.05) is 20.3 Å². The first-order valence-corrected chi connectivity index (χ1v) is 13.3. The van der Waals surface area contributed by atoms with Crippen molar-refractivity contribution in [3.05, 3.63) is 11.6 Å². The molecule has 1 saturated heterocycles. The van der Waals surface area contributed by atoms with Gasteiger partial charge in [0.05, 0.1) is 0 Å². The maximum absolute atomic E-state index is 4.58. The van der Waals surface area contributed by atoms with Gasteiger partial charge in [0, 0.05) is 65.2 Å². The van der Waals surface area contributed by atoms with Crippen LogP contribution in [0.4, 0.5) is 0 Å². The van der Waals surface area contributed by atoms with E-state index in [9.17, 15) is 0 Å². The van der Waals surface area contributed by atoms with Gasteiger partial charge in [-0.3, -0.25) is 9.89 Å². The zero-order chi connectivity index (χ0) is 22.3. The lowest BCUT2D eigenvalue weighted by molar-refractivity contribution is 0.0864. The fourth-order valence-electron chi connectivity index (χ4n) is 5.94. The number of piperazine rings is 1. The summed E-state index contributed by atoms with van der Waals surface area (Å²) in [6, 6.07) is 0.806. The first-order valence-electron chi connectivity index (χ1n) is 13.3. The van der Waals surface area contributed by atoms with Crippen molar-refractivity contribution in [2.45, 2.75) is 90.6 Å². The number of fused-ring (bicyclic) bond motifs is 1. The van der Waals surface area contributed by atoms with Crippen LogP contribution in [0.1, 0.15) is 76.9 Å². The summed E-state index contributed by atoms with van der Waals surface area (Å²) in [6.45, 7) is 11.3. The lowest BCUT2D eigenvalue weighted by Gasteiger charge is -2.43. The van der Waals surface area contributed by atoms with Gasteiger partial charge < -0.3 is 14.8 Å². The molecule has 1 saturated carbocycles. The van der Waals surface area contributed by atoms with Gasteiger partial charge in [-0.05, 0) is 56.8 Å². The van der Waals surface area contributed by atoms with Crippen molar-refractivity contribution in [1.29, 1.82) is 0 Å². The molecule has 1 aromatic heterocycles. The Morgan fingerprint density at radius 1 is 1.00 bits per heavy atom. The maximum Gasteiger partial charge on any atom is 0.193 e. The molecule has 1 aromatic rings. The van der Waals surface area contributed by atoms with Gasteiger partial charge in [0.15, 0.2) is 5.96 Å². The van der Waals surface area contributed by atoms with Crippen LogP contribution in [0.2, 0.25) is 0 Å². The van der Waals surface area contributed by atoms with E-state index in [1.54, 1.807) is 0 Å². The lowest BCUT2D eigenvalue weighted by Crippen LogP contribution is -2.55. The predicted octanol–water partition coefficient (Wildman–Crippen LogP) is 3.96. The quantitative estimate of drug-likeness (QED) is 0.243. The molecule has 8 heteroatoms. The molecular formula is C25H46IN7. The third-order valence-corrected chi connectivity index (χ3v) is 8.07. The van der Waals surface area contributed by atoms with E-state index in [0.717, 1.165) is 69.3 Å². The van der Waals surface area contributed by atoms with Gasteiger partial charge in [0.2, 0.25) is 0 Å². The minimum atomic E-state index is 0. The Morgan fingerprint density at radius 3 is 2.45 bits per heavy atom. The second kappa shape index (κ2) is 13.3. The number of nitrogens with one attached hydrogen (secondary N) is 1. The van der Waals surface area contributed by atoms with Crippen LogP contribution in [0.5, 0.6) is 0 Å². The molecule has 7 nitrogen and oxygen atoms in total. The summed E-state index contributed by atoms with van der Waals surface area (Å²) in [5.74, 6) is 5.22.